The van der Waals surface area contributed by atoms with Gasteiger partial charge in [0.2, 0.25) is 9.84 Å². The summed E-state index contributed by atoms with van der Waals surface area (Å²) in [5, 5.41) is 0. The molecular formula is C9H15F3O2S. The molecule has 0 unspecified atom stereocenters. The third-order valence-corrected chi connectivity index (χ3v) is 4.38. The van der Waals surface area contributed by atoms with Gasteiger partial charge < -0.3 is 0 Å². The Morgan fingerprint density at radius 1 is 1.13 bits per heavy atom. The second-order valence-corrected chi connectivity index (χ2v) is 6.16. The third-order valence-electron chi connectivity index (χ3n) is 2.85. The summed E-state index contributed by atoms with van der Waals surface area (Å²) in [4.78, 5) is 0. The van der Waals surface area contributed by atoms with Crippen molar-refractivity contribution in [2.75, 3.05) is 5.75 Å². The Labute approximate surface area is 87.8 Å². The first-order valence-electron chi connectivity index (χ1n) is 5.12. The topological polar surface area (TPSA) is 34.1 Å². The molecular weight excluding hydrogens is 229 g/mol. The summed E-state index contributed by atoms with van der Waals surface area (Å²) in [7, 11) is -4.89. The molecule has 0 aromatic carbocycles. The largest absolute Gasteiger partial charge is 0.497 e. The average molecular weight is 244 g/mol. The first kappa shape index (κ1) is 12.8. The van der Waals surface area contributed by atoms with Crippen molar-refractivity contribution in [3.05, 3.63) is 0 Å². The lowest BCUT2D eigenvalue weighted by Crippen LogP contribution is -2.26. The Morgan fingerprint density at radius 3 is 2.13 bits per heavy atom. The number of halogens is 3. The molecule has 0 aromatic rings. The summed E-state index contributed by atoms with van der Waals surface area (Å²) in [6.07, 6.45) is 5.05. The maximum absolute atomic E-state index is 11.9. The van der Waals surface area contributed by atoms with Crippen molar-refractivity contribution in [1.29, 1.82) is 0 Å². The molecule has 90 valence electrons. The lowest BCUT2D eigenvalue weighted by Gasteiger charge is -2.10. The van der Waals surface area contributed by atoms with E-state index in [1.165, 1.54) is 0 Å². The van der Waals surface area contributed by atoms with E-state index in [9.17, 15) is 21.6 Å². The van der Waals surface area contributed by atoms with Gasteiger partial charge >= 0.3 is 5.51 Å². The van der Waals surface area contributed by atoms with Crippen LogP contribution in [-0.4, -0.2) is 19.7 Å². The molecule has 0 amide bonds. The number of hydrogen-bond donors (Lipinski definition) is 0. The van der Waals surface area contributed by atoms with Crippen LogP contribution in [0.5, 0.6) is 0 Å². The molecule has 1 saturated carbocycles. The summed E-state index contributed by atoms with van der Waals surface area (Å²) in [5.41, 5.74) is -5.08. The molecule has 1 rings (SSSR count). The minimum Gasteiger partial charge on any atom is -0.220 e. The van der Waals surface area contributed by atoms with Crippen LogP contribution in [0.15, 0.2) is 0 Å². The highest BCUT2D eigenvalue weighted by Gasteiger charge is 2.44. The number of hydrogen-bond acceptors (Lipinski definition) is 2. The molecule has 0 aromatic heterocycles. The van der Waals surface area contributed by atoms with Gasteiger partial charge in [0.1, 0.15) is 0 Å². The molecule has 0 spiro atoms. The smallest absolute Gasteiger partial charge is 0.220 e. The second kappa shape index (κ2) is 4.72. The van der Waals surface area contributed by atoms with Gasteiger partial charge in [-0.15, -0.1) is 0 Å². The van der Waals surface area contributed by atoms with Crippen LogP contribution in [0.4, 0.5) is 13.2 Å². The Morgan fingerprint density at radius 2 is 1.67 bits per heavy atom. The van der Waals surface area contributed by atoms with Gasteiger partial charge in [-0.3, -0.25) is 0 Å². The van der Waals surface area contributed by atoms with Crippen LogP contribution in [0.3, 0.4) is 0 Å². The molecule has 0 bridgehead atoms. The van der Waals surface area contributed by atoms with Crippen molar-refractivity contribution >= 4 is 9.84 Å². The third kappa shape index (κ3) is 3.66. The van der Waals surface area contributed by atoms with Crippen molar-refractivity contribution in [3.8, 4) is 0 Å². The van der Waals surface area contributed by atoms with Crippen molar-refractivity contribution in [2.45, 2.75) is 44.0 Å². The highest BCUT2D eigenvalue weighted by Crippen LogP contribution is 2.30. The Hall–Kier alpha value is -0.260. The first-order chi connectivity index (χ1) is 6.83. The zero-order valence-corrected chi connectivity index (χ0v) is 9.20. The molecule has 0 heterocycles. The molecule has 1 aliphatic carbocycles. The normalized spacial score (nSPS) is 19.7. The SMILES string of the molecule is O=S(=O)(CCCC1CCCC1)C(F)(F)F. The van der Waals surface area contributed by atoms with E-state index in [1.807, 2.05) is 0 Å². The highest BCUT2D eigenvalue weighted by molar-refractivity contribution is 7.92. The fraction of sp³-hybridized carbons (Fsp3) is 1.00. The fourth-order valence-electron chi connectivity index (χ4n) is 1.98. The van der Waals surface area contributed by atoms with E-state index in [0.29, 0.717) is 12.3 Å². The van der Waals surface area contributed by atoms with Crippen molar-refractivity contribution in [1.82, 2.24) is 0 Å². The van der Waals surface area contributed by atoms with Crippen LogP contribution < -0.4 is 0 Å². The summed E-state index contributed by atoms with van der Waals surface area (Å²) in [5.74, 6) is -0.319. The van der Waals surface area contributed by atoms with Crippen LogP contribution in [-0.2, 0) is 9.84 Å². The van der Waals surface area contributed by atoms with Crippen LogP contribution >= 0.6 is 0 Å². The zero-order valence-electron chi connectivity index (χ0n) is 8.39. The van der Waals surface area contributed by atoms with Gasteiger partial charge in [-0.25, -0.2) is 8.42 Å². The maximum atomic E-state index is 11.9. The van der Waals surface area contributed by atoms with Gasteiger partial charge in [0.05, 0.1) is 5.75 Å². The molecule has 0 aliphatic heterocycles. The average Bonchev–Trinajstić information content (AvgIpc) is 2.54. The van der Waals surface area contributed by atoms with Gasteiger partial charge in [0.15, 0.2) is 0 Å². The summed E-state index contributed by atoms with van der Waals surface area (Å²) >= 11 is 0. The van der Waals surface area contributed by atoms with Crippen molar-refractivity contribution < 1.29 is 21.6 Å². The lowest BCUT2D eigenvalue weighted by molar-refractivity contribution is -0.0435. The van der Waals surface area contributed by atoms with E-state index in [0.717, 1.165) is 25.7 Å². The standard InChI is InChI=1S/C9H15F3O2S/c10-9(11,12)15(13,14)7-3-6-8-4-1-2-5-8/h8H,1-7H2. The minimum atomic E-state index is -5.08. The van der Waals surface area contributed by atoms with E-state index in [-0.39, 0.29) is 6.42 Å². The second-order valence-electron chi connectivity index (χ2n) is 4.06. The number of sulfone groups is 1. The van der Waals surface area contributed by atoms with E-state index in [4.69, 9.17) is 0 Å². The van der Waals surface area contributed by atoms with E-state index >= 15 is 0 Å². The van der Waals surface area contributed by atoms with Crippen LogP contribution in [0.1, 0.15) is 38.5 Å². The maximum Gasteiger partial charge on any atom is 0.497 e. The summed E-state index contributed by atoms with van der Waals surface area (Å²) in [6.45, 7) is 0. The van der Waals surface area contributed by atoms with Gasteiger partial charge in [0.25, 0.3) is 0 Å². The fourth-order valence-corrected chi connectivity index (χ4v) is 2.75. The number of alkyl halides is 3. The summed E-state index contributed by atoms with van der Waals surface area (Å²) in [6, 6.07) is 0. The van der Waals surface area contributed by atoms with Crippen molar-refractivity contribution in [2.24, 2.45) is 5.92 Å². The molecule has 1 fully saturated rings. The Bertz CT molecular complexity index is 289. The molecule has 6 heteroatoms. The molecule has 15 heavy (non-hydrogen) atoms. The quantitative estimate of drug-likeness (QED) is 0.762. The zero-order chi connectivity index (χ0) is 11.5. The Kier molecular flexibility index (Phi) is 4.03. The summed E-state index contributed by atoms with van der Waals surface area (Å²) < 4.78 is 57.2. The van der Waals surface area contributed by atoms with E-state index < -0.39 is 21.1 Å². The molecule has 0 saturated heterocycles. The van der Waals surface area contributed by atoms with Gasteiger partial charge in [-0.05, 0) is 18.8 Å². The monoisotopic (exact) mass is 244 g/mol. The van der Waals surface area contributed by atoms with Crippen LogP contribution in [0.25, 0.3) is 0 Å². The molecule has 2 nitrogen and oxygen atoms in total. The molecule has 0 radical (unpaired) electrons. The van der Waals surface area contributed by atoms with E-state index in [2.05, 4.69) is 0 Å². The lowest BCUT2D eigenvalue weighted by atomic mass is 10.0. The van der Waals surface area contributed by atoms with Crippen LogP contribution in [0.2, 0.25) is 0 Å². The highest BCUT2D eigenvalue weighted by atomic mass is 32.2. The minimum absolute atomic E-state index is 0.131. The first-order valence-corrected chi connectivity index (χ1v) is 6.77. The molecule has 0 atom stereocenters. The molecule has 0 N–H and O–H groups in total. The predicted molar refractivity (Wildman–Crippen MR) is 51.0 cm³/mol. The van der Waals surface area contributed by atoms with Crippen molar-refractivity contribution in [3.63, 3.8) is 0 Å². The number of rotatable bonds is 4. The predicted octanol–water partition coefficient (Wildman–Crippen LogP) is 2.89. The van der Waals surface area contributed by atoms with Gasteiger partial charge in [0, 0.05) is 0 Å². The van der Waals surface area contributed by atoms with Gasteiger partial charge in [-0.1, -0.05) is 25.7 Å². The van der Waals surface area contributed by atoms with Crippen LogP contribution in [0, 0.1) is 5.92 Å². The van der Waals surface area contributed by atoms with E-state index in [1.54, 1.807) is 0 Å². The molecule has 1 aliphatic rings. The van der Waals surface area contributed by atoms with Gasteiger partial charge in [-0.2, -0.15) is 13.2 Å². The Balaban J connectivity index is 2.30.